The third-order valence-corrected chi connectivity index (χ3v) is 3.78. The highest BCUT2D eigenvalue weighted by Crippen LogP contribution is 2.37. The molecule has 94 valence electrons. The van der Waals surface area contributed by atoms with E-state index in [4.69, 9.17) is 11.6 Å². The molecule has 0 bridgehead atoms. The zero-order valence-electron chi connectivity index (χ0n) is 8.80. The summed E-state index contributed by atoms with van der Waals surface area (Å²) in [4.78, 5) is 3.87. The van der Waals surface area contributed by atoms with Crippen molar-refractivity contribution in [2.75, 3.05) is 0 Å². The van der Waals surface area contributed by atoms with Gasteiger partial charge in [-0.25, -0.2) is 4.98 Å². The van der Waals surface area contributed by atoms with E-state index in [1.54, 1.807) is 12.1 Å². The lowest BCUT2D eigenvalue weighted by atomic mass is 10.0. The Morgan fingerprint density at radius 1 is 1.17 bits per heavy atom. The van der Waals surface area contributed by atoms with E-state index in [2.05, 4.69) is 4.98 Å². The zero-order valence-corrected chi connectivity index (χ0v) is 11.7. The van der Waals surface area contributed by atoms with E-state index in [1.807, 2.05) is 22.6 Å². The number of benzene rings is 1. The van der Waals surface area contributed by atoms with Gasteiger partial charge >= 0.3 is 6.18 Å². The molecule has 1 heterocycles. The molecule has 0 unspecified atom stereocenters. The monoisotopic (exact) mass is 383 g/mol. The van der Waals surface area contributed by atoms with Gasteiger partial charge < -0.3 is 0 Å². The van der Waals surface area contributed by atoms with Gasteiger partial charge in [0.15, 0.2) is 0 Å². The maximum atomic E-state index is 12.9. The Hall–Kier alpha value is -0.820. The molecule has 6 heteroatoms. The molecule has 0 amide bonds. The van der Waals surface area contributed by atoms with Crippen LogP contribution in [0, 0.1) is 3.57 Å². The van der Waals surface area contributed by atoms with Gasteiger partial charge in [0.05, 0.1) is 9.13 Å². The molecule has 0 saturated carbocycles. The van der Waals surface area contributed by atoms with E-state index in [0.29, 0.717) is 9.13 Å². The summed E-state index contributed by atoms with van der Waals surface area (Å²) in [7, 11) is 0. The molecule has 0 radical (unpaired) electrons. The lowest BCUT2D eigenvalue weighted by Gasteiger charge is -2.12. The van der Waals surface area contributed by atoms with Crippen molar-refractivity contribution in [3.05, 3.63) is 50.8 Å². The maximum Gasteiger partial charge on any atom is 0.417 e. The predicted molar refractivity (Wildman–Crippen MR) is 72.4 cm³/mol. The Bertz CT molecular complexity index is 584. The first kappa shape index (κ1) is 13.6. The number of rotatable bonds is 1. The largest absolute Gasteiger partial charge is 0.417 e. The Morgan fingerprint density at radius 3 is 2.44 bits per heavy atom. The van der Waals surface area contributed by atoms with Gasteiger partial charge in [0.25, 0.3) is 0 Å². The smallest absolute Gasteiger partial charge is 0.243 e. The van der Waals surface area contributed by atoms with Gasteiger partial charge in [0, 0.05) is 11.8 Å². The molecular formula is C12H6ClF3IN. The standard InChI is InChI=1S/C12H6ClF3IN/c13-11-10(17)5-7(6-18-11)8-3-1-2-4-9(8)12(14,15)16/h1-6H. The number of pyridine rings is 1. The minimum absolute atomic E-state index is 0.104. The van der Waals surface area contributed by atoms with Crippen molar-refractivity contribution in [1.29, 1.82) is 0 Å². The van der Waals surface area contributed by atoms with Crippen LogP contribution in [0.1, 0.15) is 5.56 Å². The number of nitrogens with zero attached hydrogens (tertiary/aromatic N) is 1. The van der Waals surface area contributed by atoms with Crippen molar-refractivity contribution in [3.63, 3.8) is 0 Å². The lowest BCUT2D eigenvalue weighted by molar-refractivity contribution is -0.137. The van der Waals surface area contributed by atoms with Gasteiger partial charge in [0.2, 0.25) is 0 Å². The summed E-state index contributed by atoms with van der Waals surface area (Å²) >= 11 is 7.69. The summed E-state index contributed by atoms with van der Waals surface area (Å²) in [6, 6.07) is 6.98. The molecule has 1 nitrogen and oxygen atoms in total. The topological polar surface area (TPSA) is 12.9 Å². The first-order chi connectivity index (χ1) is 8.39. The Kier molecular flexibility index (Phi) is 3.82. The van der Waals surface area contributed by atoms with Crippen LogP contribution >= 0.6 is 34.2 Å². The van der Waals surface area contributed by atoms with Crippen LogP contribution in [0.4, 0.5) is 13.2 Å². The van der Waals surface area contributed by atoms with Crippen LogP contribution in [-0.2, 0) is 6.18 Å². The Balaban J connectivity index is 2.61. The van der Waals surface area contributed by atoms with E-state index in [9.17, 15) is 13.2 Å². The van der Waals surface area contributed by atoms with Gasteiger partial charge in [-0.2, -0.15) is 13.2 Å². The van der Waals surface area contributed by atoms with Crippen LogP contribution in [0.2, 0.25) is 5.15 Å². The molecular weight excluding hydrogens is 377 g/mol. The average Bonchev–Trinajstić information content (AvgIpc) is 2.32. The van der Waals surface area contributed by atoms with E-state index < -0.39 is 11.7 Å². The van der Waals surface area contributed by atoms with Crippen molar-refractivity contribution in [2.45, 2.75) is 6.18 Å². The molecule has 0 aliphatic carbocycles. The molecule has 0 aliphatic rings. The first-order valence-electron chi connectivity index (χ1n) is 4.87. The van der Waals surface area contributed by atoms with Crippen LogP contribution < -0.4 is 0 Å². The minimum Gasteiger partial charge on any atom is -0.243 e. The van der Waals surface area contributed by atoms with Gasteiger partial charge in [-0.3, -0.25) is 0 Å². The fraction of sp³-hybridized carbons (Fsp3) is 0.0833. The lowest BCUT2D eigenvalue weighted by Crippen LogP contribution is -2.07. The van der Waals surface area contributed by atoms with Crippen molar-refractivity contribution in [1.82, 2.24) is 4.98 Å². The van der Waals surface area contributed by atoms with Crippen LogP contribution in [0.25, 0.3) is 11.1 Å². The van der Waals surface area contributed by atoms with Gasteiger partial charge in [-0.05, 0) is 40.3 Å². The summed E-state index contributed by atoms with van der Waals surface area (Å²) in [5, 5.41) is 0.281. The van der Waals surface area contributed by atoms with Crippen LogP contribution in [0.5, 0.6) is 0 Å². The second kappa shape index (κ2) is 5.05. The van der Waals surface area contributed by atoms with Crippen molar-refractivity contribution >= 4 is 34.2 Å². The highest BCUT2D eigenvalue weighted by molar-refractivity contribution is 14.1. The molecule has 0 N–H and O–H groups in total. The SMILES string of the molecule is FC(F)(F)c1ccccc1-c1cnc(Cl)c(I)c1. The minimum atomic E-state index is -4.39. The summed E-state index contributed by atoms with van der Waals surface area (Å²) in [6.07, 6.45) is -3.04. The van der Waals surface area contributed by atoms with Gasteiger partial charge in [-0.1, -0.05) is 29.8 Å². The number of alkyl halides is 3. The quantitative estimate of drug-likeness (QED) is 0.497. The zero-order chi connectivity index (χ0) is 13.3. The highest BCUT2D eigenvalue weighted by Gasteiger charge is 2.33. The summed E-state index contributed by atoms with van der Waals surface area (Å²) in [6.45, 7) is 0. The van der Waals surface area contributed by atoms with Crippen LogP contribution in [0.15, 0.2) is 36.5 Å². The van der Waals surface area contributed by atoms with Crippen molar-refractivity contribution < 1.29 is 13.2 Å². The van der Waals surface area contributed by atoms with E-state index >= 15 is 0 Å². The molecule has 0 spiro atoms. The average molecular weight is 384 g/mol. The summed E-state index contributed by atoms with van der Waals surface area (Å²) in [5.74, 6) is 0. The first-order valence-corrected chi connectivity index (χ1v) is 6.33. The molecule has 0 atom stereocenters. The van der Waals surface area contributed by atoms with Gasteiger partial charge in [-0.15, -0.1) is 0 Å². The van der Waals surface area contributed by atoms with E-state index in [1.165, 1.54) is 18.3 Å². The third-order valence-electron chi connectivity index (χ3n) is 2.34. The van der Waals surface area contributed by atoms with Gasteiger partial charge in [0.1, 0.15) is 5.15 Å². The molecule has 2 aromatic rings. The Morgan fingerprint density at radius 2 is 1.83 bits per heavy atom. The normalized spacial score (nSPS) is 11.6. The fourth-order valence-electron chi connectivity index (χ4n) is 1.55. The van der Waals surface area contributed by atoms with E-state index in [-0.39, 0.29) is 10.7 Å². The Labute approximate surface area is 120 Å². The fourth-order valence-corrected chi connectivity index (χ4v) is 2.13. The molecule has 0 saturated heterocycles. The molecule has 18 heavy (non-hydrogen) atoms. The molecule has 0 fully saturated rings. The van der Waals surface area contributed by atoms with Crippen LogP contribution in [-0.4, -0.2) is 4.98 Å². The third kappa shape index (κ3) is 2.77. The number of halogens is 5. The summed E-state index contributed by atoms with van der Waals surface area (Å²) in [5.41, 5.74) is -0.172. The van der Waals surface area contributed by atoms with Crippen molar-refractivity contribution in [2.24, 2.45) is 0 Å². The maximum absolute atomic E-state index is 12.9. The van der Waals surface area contributed by atoms with Crippen LogP contribution in [0.3, 0.4) is 0 Å². The predicted octanol–water partition coefficient (Wildman–Crippen LogP) is 5.03. The molecule has 0 aliphatic heterocycles. The summed E-state index contributed by atoms with van der Waals surface area (Å²) < 4.78 is 39.2. The highest BCUT2D eigenvalue weighted by atomic mass is 127. The van der Waals surface area contributed by atoms with Crippen molar-refractivity contribution in [3.8, 4) is 11.1 Å². The molecule has 1 aromatic carbocycles. The second-order valence-electron chi connectivity index (χ2n) is 3.54. The number of aromatic nitrogens is 1. The van der Waals surface area contributed by atoms with E-state index in [0.717, 1.165) is 6.07 Å². The number of hydrogen-bond donors (Lipinski definition) is 0. The molecule has 1 aromatic heterocycles. The molecule has 2 rings (SSSR count). The number of hydrogen-bond acceptors (Lipinski definition) is 1. The second-order valence-corrected chi connectivity index (χ2v) is 5.06.